The molecule has 16 nitrogen and oxygen atoms in total. The monoisotopic (exact) mass is 1230 g/mol. The van der Waals surface area contributed by atoms with Gasteiger partial charge in [-0.25, -0.2) is 0 Å². The van der Waals surface area contributed by atoms with Crippen molar-refractivity contribution >= 4 is 109 Å². The number of methoxy groups -OCH3 is 10. The van der Waals surface area contributed by atoms with E-state index in [9.17, 15) is 5.26 Å². The smallest absolute Gasteiger partial charge is 0.120 e. The molecule has 5 heterocycles. The first-order chi connectivity index (χ1) is 45.6. The Hall–Kier alpha value is -12.1. The summed E-state index contributed by atoms with van der Waals surface area (Å²) in [5.41, 5.74) is 11.3. The number of aromatic nitrogens is 5. The van der Waals surface area contributed by atoms with Crippen molar-refractivity contribution in [3.8, 4) is 92.0 Å². The van der Waals surface area contributed by atoms with Gasteiger partial charge < -0.3 is 70.2 Å². The van der Waals surface area contributed by atoms with Gasteiger partial charge in [0.15, 0.2) is 0 Å². The lowest BCUT2D eigenvalue weighted by molar-refractivity contribution is 0.415. The Morgan fingerprint density at radius 2 is 0.376 bits per heavy atom. The summed E-state index contributed by atoms with van der Waals surface area (Å²) < 4.78 is 72.3. The molecule has 16 heteroatoms. The van der Waals surface area contributed by atoms with Crippen molar-refractivity contribution in [1.29, 1.82) is 5.26 Å². The molecule has 16 rings (SSSR count). The fraction of sp³-hybridized carbons (Fsp3) is 0.130. The van der Waals surface area contributed by atoms with Gasteiger partial charge in [0.2, 0.25) is 0 Å². The minimum atomic E-state index is 0.310. The van der Waals surface area contributed by atoms with Crippen LogP contribution >= 0.6 is 0 Å². The molecule has 0 N–H and O–H groups in total. The molecule has 93 heavy (non-hydrogen) atoms. The van der Waals surface area contributed by atoms with Crippen LogP contribution in [0.25, 0.3) is 137 Å². The Balaban J connectivity index is 1.31. The van der Waals surface area contributed by atoms with Gasteiger partial charge in [0.25, 0.3) is 0 Å². The van der Waals surface area contributed by atoms with E-state index in [-0.39, 0.29) is 0 Å². The Morgan fingerprint density at radius 1 is 0.204 bits per heavy atom. The molecule has 0 aliphatic heterocycles. The van der Waals surface area contributed by atoms with E-state index in [1.807, 2.05) is 66.7 Å². The fourth-order valence-electron chi connectivity index (χ4n) is 14.2. The first kappa shape index (κ1) is 56.2. The highest BCUT2D eigenvalue weighted by molar-refractivity contribution is 6.19. The third kappa shape index (κ3) is 8.15. The van der Waals surface area contributed by atoms with Crippen LogP contribution in [0.5, 0.6) is 57.5 Å². The highest BCUT2D eigenvalue weighted by Gasteiger charge is 2.37. The normalized spacial score (nSPS) is 11.8. The van der Waals surface area contributed by atoms with Gasteiger partial charge in [-0.1, -0.05) is 0 Å². The molecule has 16 aromatic rings. The molecule has 0 unspecified atom stereocenters. The number of rotatable bonds is 15. The van der Waals surface area contributed by atoms with Crippen molar-refractivity contribution in [1.82, 2.24) is 22.8 Å². The number of nitriles is 1. The van der Waals surface area contributed by atoms with Gasteiger partial charge in [-0.2, -0.15) is 5.26 Å². The number of ether oxygens (including phenoxy) is 10. The van der Waals surface area contributed by atoms with Crippen LogP contribution in [0.3, 0.4) is 0 Å². The standard InChI is InChI=1S/C77H60N6O10/c1-84-42-12-22-63-53(31-42)52-21-11-51(93-10)40-72(52)83(63)74-62(41-78)73(79-64-23-13-43(85-2)32-54(64)55-33-44(86-3)14-24-65(55)79)75(80-66-25-15-45(87-4)34-56(66)57-35-46(88-5)16-26-67(57)80)77(82-70-29-19-49(91-8)38-60(70)61-39-50(92-9)20-30-71(61)82)76(74)81-68-27-17-47(89-6)36-58(68)59-37-48(90-7)18-28-69(59)81/h11-40H,1-10H3. The zero-order valence-electron chi connectivity index (χ0n) is 52.6. The predicted molar refractivity (Wildman–Crippen MR) is 368 cm³/mol. The molecule has 458 valence electrons. The van der Waals surface area contributed by atoms with Crippen LogP contribution in [-0.2, 0) is 0 Å². The molecule has 0 radical (unpaired) electrons. The van der Waals surface area contributed by atoms with Crippen LogP contribution in [0.2, 0.25) is 0 Å². The number of hydrogen-bond acceptors (Lipinski definition) is 11. The van der Waals surface area contributed by atoms with Crippen molar-refractivity contribution in [2.45, 2.75) is 0 Å². The molecular formula is C77H60N6O10. The van der Waals surface area contributed by atoms with E-state index in [0.717, 1.165) is 109 Å². The highest BCUT2D eigenvalue weighted by atomic mass is 16.5. The van der Waals surface area contributed by atoms with E-state index < -0.39 is 0 Å². The second-order valence-electron chi connectivity index (χ2n) is 22.7. The van der Waals surface area contributed by atoms with Gasteiger partial charge in [0, 0.05) is 59.9 Å². The summed E-state index contributed by atoms with van der Waals surface area (Å²) in [6, 6.07) is 64.4. The van der Waals surface area contributed by atoms with Gasteiger partial charge in [0.05, 0.1) is 155 Å². The van der Waals surface area contributed by atoms with E-state index in [0.29, 0.717) is 91.5 Å². The number of benzene rings is 11. The average Bonchev–Trinajstić information content (AvgIpc) is 1.59. The SMILES string of the molecule is COc1ccc2c(c1)c1cc(OC)ccc1n2-c1c(C#N)c(-n2c3ccc(OC)cc3c3ccc(OC)cc32)c(-n2c3ccc(OC)cc3c3cc(OC)ccc32)c(-n2c3ccc(OC)cc3c3cc(OC)ccc32)c1-n1c2ccc(OC)cc2c2cc(OC)ccc21. The molecule has 0 saturated heterocycles. The maximum Gasteiger partial charge on any atom is 0.120 e. The zero-order valence-corrected chi connectivity index (χ0v) is 52.6. The Bertz CT molecular complexity index is 5630. The van der Waals surface area contributed by atoms with Crippen LogP contribution in [0.4, 0.5) is 0 Å². The van der Waals surface area contributed by atoms with Crippen LogP contribution in [0.15, 0.2) is 182 Å². The Kier molecular flexibility index (Phi) is 13.0. The first-order valence-electron chi connectivity index (χ1n) is 30.1. The van der Waals surface area contributed by atoms with Gasteiger partial charge in [-0.3, -0.25) is 0 Å². The molecule has 0 saturated carbocycles. The molecule has 11 aromatic carbocycles. The lowest BCUT2D eigenvalue weighted by Crippen LogP contribution is -2.19. The van der Waals surface area contributed by atoms with Crippen LogP contribution in [-0.4, -0.2) is 93.9 Å². The summed E-state index contributed by atoms with van der Waals surface area (Å²) in [5, 5.41) is 22.1. The molecule has 0 fully saturated rings. The third-order valence-electron chi connectivity index (χ3n) is 18.5. The van der Waals surface area contributed by atoms with Gasteiger partial charge in [-0.05, 0) is 176 Å². The molecule has 0 aliphatic carbocycles. The molecule has 0 spiro atoms. The van der Waals surface area contributed by atoms with Gasteiger partial charge in [0.1, 0.15) is 69.1 Å². The van der Waals surface area contributed by atoms with Crippen molar-refractivity contribution < 1.29 is 47.4 Å². The summed E-state index contributed by atoms with van der Waals surface area (Å²) in [4.78, 5) is 0. The van der Waals surface area contributed by atoms with Gasteiger partial charge in [-0.15, -0.1) is 0 Å². The number of fused-ring (bicyclic) bond motifs is 15. The van der Waals surface area contributed by atoms with E-state index in [1.54, 1.807) is 71.1 Å². The van der Waals surface area contributed by atoms with Crippen molar-refractivity contribution in [3.05, 3.63) is 188 Å². The minimum absolute atomic E-state index is 0.310. The maximum absolute atomic E-state index is 13.4. The van der Waals surface area contributed by atoms with E-state index in [4.69, 9.17) is 47.4 Å². The van der Waals surface area contributed by atoms with Crippen molar-refractivity contribution in [2.75, 3.05) is 71.1 Å². The second kappa shape index (κ2) is 21.6. The lowest BCUT2D eigenvalue weighted by atomic mass is 10.0. The topological polar surface area (TPSA) is 141 Å². The van der Waals surface area contributed by atoms with E-state index in [2.05, 4.69) is 144 Å². The second-order valence-corrected chi connectivity index (χ2v) is 22.7. The number of nitrogens with zero attached hydrogens (tertiary/aromatic N) is 6. The van der Waals surface area contributed by atoms with Crippen LogP contribution < -0.4 is 47.4 Å². The number of hydrogen-bond donors (Lipinski definition) is 0. The van der Waals surface area contributed by atoms with E-state index in [1.165, 1.54) is 0 Å². The molecule has 0 amide bonds. The molecule has 0 aliphatic rings. The van der Waals surface area contributed by atoms with Gasteiger partial charge >= 0.3 is 0 Å². The summed E-state index contributed by atoms with van der Waals surface area (Å²) in [6.45, 7) is 0. The van der Waals surface area contributed by atoms with E-state index >= 15 is 0 Å². The quantitative estimate of drug-likeness (QED) is 0.0968. The minimum Gasteiger partial charge on any atom is -0.497 e. The predicted octanol–water partition coefficient (Wildman–Crippen LogP) is 17.1. The lowest BCUT2D eigenvalue weighted by Gasteiger charge is -2.30. The highest BCUT2D eigenvalue weighted by Crippen LogP contribution is 2.53. The molecule has 0 atom stereocenters. The summed E-state index contributed by atoms with van der Waals surface area (Å²) in [6.07, 6.45) is 0. The average molecular weight is 1230 g/mol. The van der Waals surface area contributed by atoms with Crippen LogP contribution in [0, 0.1) is 11.3 Å². The molecule has 5 aromatic heterocycles. The van der Waals surface area contributed by atoms with Crippen molar-refractivity contribution in [3.63, 3.8) is 0 Å². The molecule has 0 bridgehead atoms. The van der Waals surface area contributed by atoms with Crippen molar-refractivity contribution in [2.24, 2.45) is 0 Å². The zero-order chi connectivity index (χ0) is 63.7. The summed E-state index contributed by atoms with van der Waals surface area (Å²) in [7, 11) is 16.8. The summed E-state index contributed by atoms with van der Waals surface area (Å²) >= 11 is 0. The Labute approximate surface area is 532 Å². The largest absolute Gasteiger partial charge is 0.497 e. The maximum atomic E-state index is 13.4. The Morgan fingerprint density at radius 3 is 0.591 bits per heavy atom. The fourth-order valence-corrected chi connectivity index (χ4v) is 14.2. The van der Waals surface area contributed by atoms with Crippen LogP contribution in [0.1, 0.15) is 5.56 Å². The third-order valence-corrected chi connectivity index (χ3v) is 18.5. The first-order valence-corrected chi connectivity index (χ1v) is 30.1. The molecular weight excluding hydrogens is 1170 g/mol. The summed E-state index contributed by atoms with van der Waals surface area (Å²) in [5.74, 6) is 6.51.